The third-order valence-electron chi connectivity index (χ3n) is 4.04. The first-order valence-electron chi connectivity index (χ1n) is 7.74. The molecule has 2 aromatic rings. The quantitative estimate of drug-likeness (QED) is 0.837. The summed E-state index contributed by atoms with van der Waals surface area (Å²) in [4.78, 5) is 6.58. The van der Waals surface area contributed by atoms with Crippen molar-refractivity contribution in [3.8, 4) is 0 Å². The van der Waals surface area contributed by atoms with Crippen molar-refractivity contribution >= 4 is 0 Å². The van der Waals surface area contributed by atoms with Crippen LogP contribution in [-0.2, 0) is 18.7 Å². The summed E-state index contributed by atoms with van der Waals surface area (Å²) in [6.07, 6.45) is 4.83. The molecular formula is C14H23N7O. The van der Waals surface area contributed by atoms with Crippen LogP contribution in [0.4, 0.5) is 0 Å². The highest BCUT2D eigenvalue weighted by Gasteiger charge is 2.37. The topological polar surface area (TPSA) is 95.8 Å². The van der Waals surface area contributed by atoms with Gasteiger partial charge in [-0.3, -0.25) is 4.90 Å². The Balaban J connectivity index is 1.70. The number of rotatable bonds is 5. The molecule has 0 spiro atoms. The molecule has 3 rings (SSSR count). The minimum Gasteiger partial charge on any atom is -0.382 e. The molecule has 8 nitrogen and oxygen atoms in total. The van der Waals surface area contributed by atoms with E-state index in [2.05, 4.69) is 44.2 Å². The van der Waals surface area contributed by atoms with E-state index in [0.717, 1.165) is 25.3 Å². The van der Waals surface area contributed by atoms with Crippen molar-refractivity contribution in [2.45, 2.75) is 45.4 Å². The summed E-state index contributed by atoms with van der Waals surface area (Å²) >= 11 is 0. The zero-order valence-electron chi connectivity index (χ0n) is 13.1. The average Bonchev–Trinajstić information content (AvgIpc) is 3.11. The number of β-amino-alcohol motifs (C(OH)–C–C–N with tert-alkyl or cyclic N) is 1. The van der Waals surface area contributed by atoms with Gasteiger partial charge in [0, 0.05) is 13.1 Å². The van der Waals surface area contributed by atoms with E-state index in [0.29, 0.717) is 31.1 Å². The Morgan fingerprint density at radius 3 is 3.05 bits per heavy atom. The maximum Gasteiger partial charge on any atom is 0.141 e. The highest BCUT2D eigenvalue weighted by Crippen LogP contribution is 2.30. The smallest absolute Gasteiger partial charge is 0.141 e. The van der Waals surface area contributed by atoms with Crippen molar-refractivity contribution in [2.75, 3.05) is 13.1 Å². The van der Waals surface area contributed by atoms with E-state index >= 15 is 0 Å². The van der Waals surface area contributed by atoms with Gasteiger partial charge in [-0.15, -0.1) is 0 Å². The fraction of sp³-hybridized carbons (Fsp3) is 0.714. The van der Waals surface area contributed by atoms with E-state index in [1.165, 1.54) is 0 Å². The van der Waals surface area contributed by atoms with Gasteiger partial charge in [-0.1, -0.05) is 13.8 Å². The zero-order chi connectivity index (χ0) is 15.6. The Morgan fingerprint density at radius 1 is 1.45 bits per heavy atom. The molecule has 1 atom stereocenters. The SMILES string of the molecule is CC(C)Cn1ncnc1CN1CCCC(O)(c2cn[nH]n2)C1. The summed E-state index contributed by atoms with van der Waals surface area (Å²) in [6, 6.07) is 0. The molecule has 3 heterocycles. The van der Waals surface area contributed by atoms with Crippen molar-refractivity contribution in [3.05, 3.63) is 24.0 Å². The second kappa shape index (κ2) is 6.13. The number of aromatic amines is 1. The standard InChI is InChI=1S/C14H23N7O/c1-11(2)7-21-13(15-10-17-21)8-20-5-3-4-14(22,9-20)12-6-16-19-18-12/h6,10-11,22H,3-5,7-9H2,1-2H3,(H,16,18,19). The van der Waals surface area contributed by atoms with Gasteiger partial charge in [0.2, 0.25) is 0 Å². The van der Waals surface area contributed by atoms with E-state index in [1.54, 1.807) is 12.5 Å². The van der Waals surface area contributed by atoms with E-state index < -0.39 is 5.60 Å². The van der Waals surface area contributed by atoms with Gasteiger partial charge in [0.05, 0.1) is 12.7 Å². The maximum atomic E-state index is 10.8. The molecule has 0 radical (unpaired) electrons. The molecule has 2 N–H and O–H groups in total. The molecule has 0 aliphatic carbocycles. The van der Waals surface area contributed by atoms with E-state index in [-0.39, 0.29) is 0 Å². The third-order valence-corrected chi connectivity index (χ3v) is 4.04. The predicted molar refractivity (Wildman–Crippen MR) is 79.7 cm³/mol. The molecule has 0 amide bonds. The molecule has 0 bridgehead atoms. The number of piperidine rings is 1. The van der Waals surface area contributed by atoms with Gasteiger partial charge in [-0.05, 0) is 25.3 Å². The summed E-state index contributed by atoms with van der Waals surface area (Å²) in [6.45, 7) is 7.34. The molecule has 0 aromatic carbocycles. The van der Waals surface area contributed by atoms with Crippen LogP contribution >= 0.6 is 0 Å². The number of nitrogens with zero attached hydrogens (tertiary/aromatic N) is 6. The third kappa shape index (κ3) is 3.17. The largest absolute Gasteiger partial charge is 0.382 e. The first-order valence-corrected chi connectivity index (χ1v) is 7.74. The monoisotopic (exact) mass is 305 g/mol. The molecule has 1 unspecified atom stereocenters. The normalized spacial score (nSPS) is 23.3. The Hall–Kier alpha value is -1.80. The van der Waals surface area contributed by atoms with Gasteiger partial charge in [-0.25, -0.2) is 9.67 Å². The first kappa shape index (κ1) is 15.1. The van der Waals surface area contributed by atoms with Crippen LogP contribution in [0.3, 0.4) is 0 Å². The lowest BCUT2D eigenvalue weighted by Crippen LogP contribution is -2.46. The minimum absolute atomic E-state index is 0.522. The Morgan fingerprint density at radius 2 is 2.32 bits per heavy atom. The number of nitrogens with one attached hydrogen (secondary N) is 1. The van der Waals surface area contributed by atoms with E-state index in [1.807, 2.05) is 4.68 Å². The molecule has 0 saturated carbocycles. The van der Waals surface area contributed by atoms with E-state index in [4.69, 9.17) is 0 Å². The maximum absolute atomic E-state index is 10.8. The van der Waals surface area contributed by atoms with Crippen molar-refractivity contribution in [1.82, 2.24) is 35.1 Å². The van der Waals surface area contributed by atoms with Crippen molar-refractivity contribution in [3.63, 3.8) is 0 Å². The first-order chi connectivity index (χ1) is 10.6. The summed E-state index contributed by atoms with van der Waals surface area (Å²) in [5.41, 5.74) is -0.324. The molecule has 22 heavy (non-hydrogen) atoms. The lowest BCUT2D eigenvalue weighted by Gasteiger charge is -2.37. The van der Waals surface area contributed by atoms with Gasteiger partial charge in [0.1, 0.15) is 23.4 Å². The van der Waals surface area contributed by atoms with Crippen molar-refractivity contribution in [2.24, 2.45) is 5.92 Å². The zero-order valence-corrected chi connectivity index (χ0v) is 13.1. The number of likely N-dealkylation sites (tertiary alicyclic amines) is 1. The molecular weight excluding hydrogens is 282 g/mol. The summed E-state index contributed by atoms with van der Waals surface area (Å²) < 4.78 is 1.95. The highest BCUT2D eigenvalue weighted by atomic mass is 16.3. The average molecular weight is 305 g/mol. The van der Waals surface area contributed by atoms with Crippen LogP contribution in [0.25, 0.3) is 0 Å². The highest BCUT2D eigenvalue weighted by molar-refractivity contribution is 5.09. The molecule has 120 valence electrons. The number of hydrogen-bond acceptors (Lipinski definition) is 6. The summed E-state index contributed by atoms with van der Waals surface area (Å²) in [5, 5.41) is 25.6. The molecule has 1 saturated heterocycles. The van der Waals surface area contributed by atoms with Crippen LogP contribution < -0.4 is 0 Å². The molecule has 1 fully saturated rings. The van der Waals surface area contributed by atoms with Crippen LogP contribution in [0.5, 0.6) is 0 Å². The van der Waals surface area contributed by atoms with Crippen molar-refractivity contribution in [1.29, 1.82) is 0 Å². The second-order valence-electron chi connectivity index (χ2n) is 6.45. The van der Waals surface area contributed by atoms with Crippen LogP contribution in [0.1, 0.15) is 38.2 Å². The minimum atomic E-state index is -0.936. The fourth-order valence-corrected chi connectivity index (χ4v) is 3.00. The number of hydrogen-bond donors (Lipinski definition) is 2. The molecule has 8 heteroatoms. The predicted octanol–water partition coefficient (Wildman–Crippen LogP) is 0.536. The summed E-state index contributed by atoms with van der Waals surface area (Å²) in [5.74, 6) is 1.46. The Kier molecular flexibility index (Phi) is 4.21. The van der Waals surface area contributed by atoms with Gasteiger partial charge in [0.25, 0.3) is 0 Å². The van der Waals surface area contributed by atoms with Gasteiger partial charge < -0.3 is 5.11 Å². The van der Waals surface area contributed by atoms with Crippen LogP contribution in [0.15, 0.2) is 12.5 Å². The van der Waals surface area contributed by atoms with Gasteiger partial charge >= 0.3 is 0 Å². The Bertz CT molecular complexity index is 594. The Labute approximate surface area is 129 Å². The van der Waals surface area contributed by atoms with Gasteiger partial charge in [0.15, 0.2) is 0 Å². The molecule has 1 aliphatic rings. The fourth-order valence-electron chi connectivity index (χ4n) is 3.00. The number of H-pyrrole nitrogens is 1. The lowest BCUT2D eigenvalue weighted by atomic mass is 9.90. The van der Waals surface area contributed by atoms with E-state index in [9.17, 15) is 5.11 Å². The van der Waals surface area contributed by atoms with Crippen LogP contribution in [0, 0.1) is 5.92 Å². The van der Waals surface area contributed by atoms with Gasteiger partial charge in [-0.2, -0.15) is 20.5 Å². The van der Waals surface area contributed by atoms with Crippen molar-refractivity contribution < 1.29 is 5.11 Å². The number of aliphatic hydroxyl groups is 1. The molecule has 1 aliphatic heterocycles. The summed E-state index contributed by atoms with van der Waals surface area (Å²) in [7, 11) is 0. The van der Waals surface area contributed by atoms with Crippen LogP contribution in [0.2, 0.25) is 0 Å². The lowest BCUT2D eigenvalue weighted by molar-refractivity contribution is -0.0423. The van der Waals surface area contributed by atoms with Crippen LogP contribution in [-0.4, -0.2) is 53.3 Å². The molecule has 2 aromatic heterocycles. The number of aromatic nitrogens is 6. The second-order valence-corrected chi connectivity index (χ2v) is 6.45.